The lowest BCUT2D eigenvalue weighted by Gasteiger charge is -2.21. The van der Waals surface area contributed by atoms with E-state index >= 15 is 0 Å². The predicted molar refractivity (Wildman–Crippen MR) is 135 cm³/mol. The van der Waals surface area contributed by atoms with Crippen molar-refractivity contribution in [2.24, 2.45) is 34.0 Å². The van der Waals surface area contributed by atoms with Gasteiger partial charge in [0.05, 0.1) is 0 Å². The molecule has 200 valence electrons. The summed E-state index contributed by atoms with van der Waals surface area (Å²) in [4.78, 5) is 21.6. The fourth-order valence-electron chi connectivity index (χ4n) is 3.33. The van der Waals surface area contributed by atoms with Gasteiger partial charge in [-0.2, -0.15) is 0 Å². The van der Waals surface area contributed by atoms with Crippen LogP contribution in [0.3, 0.4) is 0 Å². The highest BCUT2D eigenvalue weighted by Crippen LogP contribution is 2.26. The lowest BCUT2D eigenvalue weighted by atomic mass is 9.86. The first-order valence-electron chi connectivity index (χ1n) is 11.5. The van der Waals surface area contributed by atoms with E-state index in [1.807, 2.05) is 0 Å². The van der Waals surface area contributed by atoms with E-state index in [4.69, 9.17) is 34.6 Å². The van der Waals surface area contributed by atoms with Gasteiger partial charge in [0, 0.05) is 19.8 Å². The number of aliphatic hydroxyl groups is 3. The van der Waals surface area contributed by atoms with Crippen LogP contribution in [0.25, 0.3) is 0 Å². The Morgan fingerprint density at radius 3 is 0.688 bits per heavy atom. The quantitative estimate of drug-likeness (QED) is 0.282. The molecule has 0 aliphatic carbocycles. The van der Waals surface area contributed by atoms with E-state index in [1.54, 1.807) is 0 Å². The normalized spacial score (nSPS) is 15.1. The van der Waals surface area contributed by atoms with Crippen molar-refractivity contribution in [3.8, 4) is 0 Å². The molecular weight excluding hydrogens is 431 g/mol. The average molecular weight is 489 g/mol. The van der Waals surface area contributed by atoms with Crippen molar-refractivity contribution < 1.29 is 34.6 Å². The summed E-state index contributed by atoms with van der Waals surface area (Å²) >= 11 is 0. The van der Waals surface area contributed by atoms with Crippen LogP contribution in [-0.2, 0) is 4.57 Å². The molecule has 0 saturated heterocycles. The van der Waals surface area contributed by atoms with Crippen LogP contribution < -0.4 is 0 Å². The third-order valence-electron chi connectivity index (χ3n) is 3.82. The molecule has 0 amide bonds. The number of hydrogen-bond donors (Lipinski definition) is 6. The minimum Gasteiger partial charge on any atom is -0.396 e. The van der Waals surface area contributed by atoms with Gasteiger partial charge in [0.15, 0.2) is 0 Å². The van der Waals surface area contributed by atoms with Gasteiger partial charge in [0.25, 0.3) is 0 Å². The Hall–Kier alpha value is -0.0100. The van der Waals surface area contributed by atoms with Crippen molar-refractivity contribution in [2.45, 2.75) is 102 Å². The van der Waals surface area contributed by atoms with E-state index in [9.17, 15) is 0 Å². The minimum atomic E-state index is -4.64. The van der Waals surface area contributed by atoms with Crippen LogP contribution in [0.2, 0.25) is 0 Å². The van der Waals surface area contributed by atoms with Gasteiger partial charge < -0.3 is 30.0 Å². The fraction of sp³-hybridized carbons (Fsp3) is 1.00. The summed E-state index contributed by atoms with van der Waals surface area (Å²) in [7, 11) is -4.64. The molecule has 0 aromatic rings. The Balaban J connectivity index is -0.000000167. The summed E-state index contributed by atoms with van der Waals surface area (Å²) in [6.45, 7) is 26.9. The van der Waals surface area contributed by atoms with Crippen molar-refractivity contribution in [1.29, 1.82) is 0 Å². The van der Waals surface area contributed by atoms with Crippen LogP contribution in [0.1, 0.15) is 102 Å². The maximum atomic E-state index is 8.88. The zero-order valence-corrected chi connectivity index (χ0v) is 23.9. The van der Waals surface area contributed by atoms with Crippen molar-refractivity contribution >= 4 is 7.82 Å². The Labute approximate surface area is 198 Å². The topological polar surface area (TPSA) is 138 Å². The third kappa shape index (κ3) is 57.2. The second kappa shape index (κ2) is 18.3. The largest absolute Gasteiger partial charge is 0.466 e. The smallest absolute Gasteiger partial charge is 0.396 e. The van der Waals surface area contributed by atoms with E-state index in [2.05, 4.69) is 83.1 Å². The van der Waals surface area contributed by atoms with Gasteiger partial charge in [-0.1, -0.05) is 83.1 Å². The monoisotopic (exact) mass is 488 g/mol. The first kappa shape index (κ1) is 39.2. The standard InChI is InChI=1S/3C8H18O.H3O4P/c3*1-7(6-9)5-8(2,3)4;1-5(2,3)4/h3*7,9H,5-6H2,1-4H3;(H3,1,2,3,4). The molecule has 3 atom stereocenters. The van der Waals surface area contributed by atoms with E-state index in [0.717, 1.165) is 19.3 Å². The summed E-state index contributed by atoms with van der Waals surface area (Å²) in [6, 6.07) is 0. The summed E-state index contributed by atoms with van der Waals surface area (Å²) in [5.74, 6) is 1.35. The maximum Gasteiger partial charge on any atom is 0.466 e. The number of phosphoric acid groups is 1. The average Bonchev–Trinajstić information content (AvgIpc) is 2.49. The van der Waals surface area contributed by atoms with Gasteiger partial charge in [-0.15, -0.1) is 0 Å². The SMILES string of the molecule is CC(CO)CC(C)(C)C.CC(CO)CC(C)(C)C.CC(CO)CC(C)(C)C.O=P(O)(O)O. The molecular formula is C24H57O7P. The molecule has 32 heavy (non-hydrogen) atoms. The number of rotatable bonds is 6. The zero-order valence-electron chi connectivity index (χ0n) is 23.0. The highest BCUT2D eigenvalue weighted by atomic mass is 31.2. The lowest BCUT2D eigenvalue weighted by Crippen LogP contribution is -2.13. The molecule has 8 heteroatoms. The Bertz CT molecular complexity index is 396. The van der Waals surface area contributed by atoms with Gasteiger partial charge in [0.1, 0.15) is 0 Å². The lowest BCUT2D eigenvalue weighted by molar-refractivity contribution is 0.191. The Kier molecular flexibility index (Phi) is 22.5. The van der Waals surface area contributed by atoms with Crippen molar-refractivity contribution in [2.75, 3.05) is 19.8 Å². The van der Waals surface area contributed by atoms with Gasteiger partial charge >= 0.3 is 7.82 Å². The van der Waals surface area contributed by atoms with Crippen LogP contribution in [-0.4, -0.2) is 49.8 Å². The van der Waals surface area contributed by atoms with Crippen molar-refractivity contribution in [3.05, 3.63) is 0 Å². The highest BCUT2D eigenvalue weighted by molar-refractivity contribution is 7.45. The molecule has 7 nitrogen and oxygen atoms in total. The molecule has 0 spiro atoms. The van der Waals surface area contributed by atoms with Crippen LogP contribution in [0, 0.1) is 34.0 Å². The van der Waals surface area contributed by atoms with Crippen LogP contribution in [0.4, 0.5) is 0 Å². The van der Waals surface area contributed by atoms with Crippen LogP contribution in [0.5, 0.6) is 0 Å². The van der Waals surface area contributed by atoms with Crippen LogP contribution in [0.15, 0.2) is 0 Å². The first-order valence-corrected chi connectivity index (χ1v) is 13.0. The van der Waals surface area contributed by atoms with Crippen molar-refractivity contribution in [3.63, 3.8) is 0 Å². The molecule has 0 aliphatic heterocycles. The zero-order chi connectivity index (χ0) is 27.0. The molecule has 0 rings (SSSR count). The predicted octanol–water partition coefficient (Wildman–Crippen LogP) is 5.22. The summed E-state index contributed by atoms with van der Waals surface area (Å²) in [5, 5.41) is 26.1. The van der Waals surface area contributed by atoms with Crippen LogP contribution >= 0.6 is 7.82 Å². The molecule has 0 heterocycles. The second-order valence-corrected chi connectivity index (χ2v) is 13.7. The molecule has 0 radical (unpaired) electrons. The van der Waals surface area contributed by atoms with Gasteiger partial charge in [0.2, 0.25) is 0 Å². The van der Waals surface area contributed by atoms with E-state index in [-0.39, 0.29) is 0 Å². The van der Waals surface area contributed by atoms with Gasteiger partial charge in [-0.05, 0) is 53.3 Å². The molecule has 0 fully saturated rings. The summed E-state index contributed by atoms with van der Waals surface area (Å²) in [5.41, 5.74) is 1.09. The van der Waals surface area contributed by atoms with E-state index in [0.29, 0.717) is 53.8 Å². The van der Waals surface area contributed by atoms with E-state index in [1.165, 1.54) is 0 Å². The molecule has 0 aromatic carbocycles. The Morgan fingerprint density at radius 1 is 0.531 bits per heavy atom. The first-order chi connectivity index (χ1) is 13.9. The molecule has 6 N–H and O–H groups in total. The fourth-order valence-corrected chi connectivity index (χ4v) is 3.33. The van der Waals surface area contributed by atoms with Crippen molar-refractivity contribution in [1.82, 2.24) is 0 Å². The second-order valence-electron chi connectivity index (χ2n) is 12.7. The highest BCUT2D eigenvalue weighted by Gasteiger charge is 2.15. The van der Waals surface area contributed by atoms with Gasteiger partial charge in [-0.3, -0.25) is 0 Å². The number of aliphatic hydroxyl groups excluding tert-OH is 3. The Morgan fingerprint density at radius 2 is 0.656 bits per heavy atom. The molecule has 0 aliphatic rings. The molecule has 0 saturated carbocycles. The van der Waals surface area contributed by atoms with E-state index < -0.39 is 7.82 Å². The molecule has 0 aromatic heterocycles. The molecule has 3 unspecified atom stereocenters. The summed E-state index contributed by atoms with van der Waals surface area (Å²) in [6.07, 6.45) is 3.30. The maximum absolute atomic E-state index is 8.88. The minimum absolute atomic E-state index is 0.317. The third-order valence-corrected chi connectivity index (χ3v) is 3.82. The summed E-state index contributed by atoms with van der Waals surface area (Å²) < 4.78 is 8.88. The van der Waals surface area contributed by atoms with Gasteiger partial charge in [-0.25, -0.2) is 4.57 Å². The number of hydrogen-bond acceptors (Lipinski definition) is 4. The molecule has 0 bridgehead atoms.